The molecule has 1 aromatic carbocycles. The van der Waals surface area contributed by atoms with E-state index in [1.54, 1.807) is 0 Å². The molecule has 1 amide bonds. The van der Waals surface area contributed by atoms with E-state index in [4.69, 9.17) is 0 Å². The summed E-state index contributed by atoms with van der Waals surface area (Å²) in [5, 5.41) is 5.41. The zero-order valence-corrected chi connectivity index (χ0v) is 21.7. The number of hydrogen-bond donors (Lipinski definition) is 2. The van der Waals surface area contributed by atoms with E-state index in [-0.39, 0.29) is 30.8 Å². The monoisotopic (exact) mass is 567 g/mol. The first kappa shape index (κ1) is 28.0. The molecule has 1 aliphatic heterocycles. The predicted octanol–water partition coefficient (Wildman–Crippen LogP) is 3.83. The highest BCUT2D eigenvalue weighted by molar-refractivity contribution is 7.92. The molecule has 0 radical (unpaired) electrons. The molecule has 2 aromatic heterocycles. The molecule has 15 heteroatoms. The molecule has 0 spiro atoms. The van der Waals surface area contributed by atoms with Gasteiger partial charge in [-0.05, 0) is 36.8 Å². The first-order chi connectivity index (χ1) is 18.3. The van der Waals surface area contributed by atoms with Crippen LogP contribution in [0.25, 0.3) is 0 Å². The van der Waals surface area contributed by atoms with E-state index < -0.39 is 33.8 Å². The quantitative estimate of drug-likeness (QED) is 0.394. The van der Waals surface area contributed by atoms with Crippen LogP contribution in [0.15, 0.2) is 48.8 Å². The summed E-state index contributed by atoms with van der Waals surface area (Å²) in [5.41, 5.74) is -0.0419. The summed E-state index contributed by atoms with van der Waals surface area (Å²) < 4.78 is 79.3. The smallest absolute Gasteiger partial charge is 0.365 e. The lowest BCUT2D eigenvalue weighted by Crippen LogP contribution is -2.28. The minimum atomic E-state index is -4.77. The van der Waals surface area contributed by atoms with Crippen LogP contribution in [0, 0.1) is 0 Å². The molecule has 3 aromatic rings. The number of nitrogens with one attached hydrogen (secondary N) is 2. The zero-order chi connectivity index (χ0) is 28.4. The maximum absolute atomic E-state index is 13.7. The Bertz CT molecular complexity index is 1450. The number of carbonyl (C=O) groups is 1. The van der Waals surface area contributed by atoms with Crippen LogP contribution in [0.1, 0.15) is 27.9 Å². The Morgan fingerprint density at radius 1 is 1.18 bits per heavy atom. The molecule has 2 N–H and O–H groups in total. The van der Waals surface area contributed by atoms with Crippen molar-refractivity contribution in [2.24, 2.45) is 0 Å². The summed E-state index contributed by atoms with van der Waals surface area (Å²) in [6.45, 7) is 0.162. The Kier molecular flexibility index (Phi) is 7.90. The lowest BCUT2D eigenvalue weighted by molar-refractivity contribution is -0.137. The molecule has 39 heavy (non-hydrogen) atoms. The molecule has 1 aliphatic rings. The van der Waals surface area contributed by atoms with E-state index in [1.165, 1.54) is 54.5 Å². The maximum Gasteiger partial charge on any atom is 0.421 e. The van der Waals surface area contributed by atoms with E-state index in [9.17, 15) is 30.8 Å². The number of halogens is 4. The van der Waals surface area contributed by atoms with E-state index in [2.05, 4.69) is 25.6 Å². The Balaban J connectivity index is 1.53. The normalized spacial score (nSPS) is 15.7. The molecule has 0 aliphatic carbocycles. The second kappa shape index (κ2) is 11.0. The summed E-state index contributed by atoms with van der Waals surface area (Å²) in [4.78, 5) is 25.7. The van der Waals surface area contributed by atoms with Crippen LogP contribution in [0.5, 0.6) is 0 Å². The third-order valence-corrected chi connectivity index (χ3v) is 7.18. The van der Waals surface area contributed by atoms with Crippen LogP contribution >= 0.6 is 0 Å². The molecule has 1 saturated heterocycles. The maximum atomic E-state index is 13.7. The van der Waals surface area contributed by atoms with Crippen molar-refractivity contribution in [3.8, 4) is 0 Å². The molecule has 1 unspecified atom stereocenters. The van der Waals surface area contributed by atoms with Crippen LogP contribution in [-0.2, 0) is 22.7 Å². The molecule has 4 rings (SSSR count). The van der Waals surface area contributed by atoms with Gasteiger partial charge in [0, 0.05) is 49.3 Å². The van der Waals surface area contributed by atoms with E-state index >= 15 is 0 Å². The van der Waals surface area contributed by atoms with Crippen LogP contribution in [0.3, 0.4) is 0 Å². The Hall–Kier alpha value is -4.01. The molecule has 10 nitrogen and oxygen atoms in total. The number of likely N-dealkylation sites (tertiary alicyclic amines) is 1. The van der Waals surface area contributed by atoms with Gasteiger partial charge in [-0.25, -0.2) is 22.8 Å². The fourth-order valence-corrected chi connectivity index (χ4v) is 4.36. The minimum Gasteiger partial charge on any atom is -0.365 e. The molecular formula is C24H25F4N7O3S. The number of nitrogens with zero attached hydrogens (tertiary/aromatic N) is 5. The van der Waals surface area contributed by atoms with Crippen molar-refractivity contribution >= 4 is 39.2 Å². The SMILES string of the molecule is CN(c1ncccc1CNc1nc(Nc2ccc(C(=O)N3CCC(F)C3)cc2)ncc1C(F)(F)F)S(C)(=O)=O. The topological polar surface area (TPSA) is 120 Å². The number of benzene rings is 1. The van der Waals surface area contributed by atoms with Gasteiger partial charge in [-0.15, -0.1) is 0 Å². The second-order valence-electron chi connectivity index (χ2n) is 8.86. The average molecular weight is 568 g/mol. The van der Waals surface area contributed by atoms with Crippen molar-refractivity contribution in [3.05, 3.63) is 65.5 Å². The number of sulfonamides is 1. The number of anilines is 4. The van der Waals surface area contributed by atoms with Crippen molar-refractivity contribution in [2.75, 3.05) is 41.3 Å². The van der Waals surface area contributed by atoms with Crippen molar-refractivity contribution in [3.63, 3.8) is 0 Å². The van der Waals surface area contributed by atoms with Gasteiger partial charge in [0.25, 0.3) is 5.91 Å². The number of carbonyl (C=O) groups excluding carboxylic acids is 1. The van der Waals surface area contributed by atoms with Gasteiger partial charge in [-0.1, -0.05) is 6.07 Å². The molecular weight excluding hydrogens is 542 g/mol. The van der Waals surface area contributed by atoms with Crippen LogP contribution < -0.4 is 14.9 Å². The lowest BCUT2D eigenvalue weighted by Gasteiger charge is -2.20. The standard InChI is InChI=1S/C24H25F4N7O3S/c1-34(39(2,37)38)21-16(4-3-10-29-21)12-30-20-19(24(26,27)28)13-31-23(33-20)32-18-7-5-15(6-8-18)22(36)35-11-9-17(25)14-35/h3-8,10,13,17H,9,11-12,14H2,1-2H3,(H2,30,31,32,33). The van der Waals surface area contributed by atoms with Gasteiger partial charge in [-0.3, -0.25) is 9.10 Å². The first-order valence-electron chi connectivity index (χ1n) is 11.7. The molecule has 1 atom stereocenters. The number of aromatic nitrogens is 3. The molecule has 0 bridgehead atoms. The predicted molar refractivity (Wildman–Crippen MR) is 137 cm³/mol. The van der Waals surface area contributed by atoms with Crippen LogP contribution in [-0.4, -0.2) is 66.7 Å². The summed E-state index contributed by atoms with van der Waals surface area (Å²) in [7, 11) is -2.37. The van der Waals surface area contributed by atoms with Gasteiger partial charge in [0.2, 0.25) is 16.0 Å². The van der Waals surface area contributed by atoms with E-state index in [0.29, 0.717) is 36.0 Å². The lowest BCUT2D eigenvalue weighted by atomic mass is 10.2. The summed E-state index contributed by atoms with van der Waals surface area (Å²) in [5.74, 6) is -0.934. The van der Waals surface area contributed by atoms with Crippen LogP contribution in [0.4, 0.5) is 40.8 Å². The molecule has 208 valence electrons. The summed E-state index contributed by atoms with van der Waals surface area (Å²) in [6, 6.07) is 9.16. The Morgan fingerprint density at radius 2 is 1.90 bits per heavy atom. The fourth-order valence-electron chi connectivity index (χ4n) is 3.88. The number of rotatable bonds is 8. The summed E-state index contributed by atoms with van der Waals surface area (Å²) in [6.07, 6.45) is -2.53. The minimum absolute atomic E-state index is 0.0408. The second-order valence-corrected chi connectivity index (χ2v) is 10.9. The highest BCUT2D eigenvalue weighted by Crippen LogP contribution is 2.34. The number of pyridine rings is 1. The van der Waals surface area contributed by atoms with Gasteiger partial charge < -0.3 is 15.5 Å². The highest BCUT2D eigenvalue weighted by Gasteiger charge is 2.35. The molecule has 3 heterocycles. The zero-order valence-electron chi connectivity index (χ0n) is 20.9. The third kappa shape index (κ3) is 6.71. The number of amides is 1. The van der Waals surface area contributed by atoms with Gasteiger partial charge in [-0.2, -0.15) is 18.2 Å². The fraction of sp³-hybridized carbons (Fsp3) is 0.333. The van der Waals surface area contributed by atoms with Crippen molar-refractivity contribution in [1.29, 1.82) is 0 Å². The van der Waals surface area contributed by atoms with Crippen molar-refractivity contribution in [2.45, 2.75) is 25.3 Å². The molecule has 0 saturated carbocycles. The van der Waals surface area contributed by atoms with E-state index in [1.807, 2.05) is 0 Å². The third-order valence-electron chi connectivity index (χ3n) is 6.01. The average Bonchev–Trinajstić information content (AvgIpc) is 3.32. The number of alkyl halides is 4. The summed E-state index contributed by atoms with van der Waals surface area (Å²) >= 11 is 0. The van der Waals surface area contributed by atoms with Gasteiger partial charge >= 0.3 is 6.18 Å². The number of hydrogen-bond acceptors (Lipinski definition) is 8. The van der Waals surface area contributed by atoms with Crippen molar-refractivity contribution < 1.29 is 30.8 Å². The van der Waals surface area contributed by atoms with Gasteiger partial charge in [0.1, 0.15) is 23.4 Å². The highest BCUT2D eigenvalue weighted by atomic mass is 32.2. The van der Waals surface area contributed by atoms with Gasteiger partial charge in [0.05, 0.1) is 12.8 Å². The largest absolute Gasteiger partial charge is 0.421 e. The van der Waals surface area contributed by atoms with E-state index in [0.717, 1.165) is 10.6 Å². The Labute approximate surface area is 222 Å². The van der Waals surface area contributed by atoms with Gasteiger partial charge in [0.15, 0.2) is 0 Å². The molecule has 1 fully saturated rings. The Morgan fingerprint density at radius 3 is 2.51 bits per heavy atom. The van der Waals surface area contributed by atoms with Crippen molar-refractivity contribution in [1.82, 2.24) is 19.9 Å². The van der Waals surface area contributed by atoms with Crippen LogP contribution in [0.2, 0.25) is 0 Å². The first-order valence-corrected chi connectivity index (χ1v) is 13.5.